The van der Waals surface area contributed by atoms with Gasteiger partial charge in [0, 0.05) is 12.3 Å². The summed E-state index contributed by atoms with van der Waals surface area (Å²) in [5, 5.41) is 14.0. The summed E-state index contributed by atoms with van der Waals surface area (Å²) in [6.07, 6.45) is 0.609. The van der Waals surface area contributed by atoms with Crippen molar-refractivity contribution in [3.63, 3.8) is 0 Å². The van der Waals surface area contributed by atoms with Gasteiger partial charge in [0.15, 0.2) is 0 Å². The van der Waals surface area contributed by atoms with Crippen LogP contribution in [0.2, 0.25) is 0 Å². The average Bonchev–Trinajstić information content (AvgIpc) is 2.59. The van der Waals surface area contributed by atoms with Gasteiger partial charge in [0.2, 0.25) is 17.7 Å². The molecular formula is C19H35N3O6. The Hall–Kier alpha value is -2.16. The smallest absolute Gasteiger partial charge is 0.328 e. The zero-order valence-electron chi connectivity index (χ0n) is 17.7. The Labute approximate surface area is 166 Å². The molecule has 162 valence electrons. The van der Waals surface area contributed by atoms with Gasteiger partial charge in [0.1, 0.15) is 12.1 Å². The number of ether oxygens (including phenoxy) is 1. The number of carbonyl (C=O) groups is 4. The van der Waals surface area contributed by atoms with E-state index < -0.39 is 41.7 Å². The molecule has 0 rings (SSSR count). The van der Waals surface area contributed by atoms with Crippen LogP contribution in [0.5, 0.6) is 0 Å². The van der Waals surface area contributed by atoms with Crippen LogP contribution in [0.4, 0.5) is 0 Å². The fourth-order valence-corrected chi connectivity index (χ4v) is 2.75. The molecule has 0 aliphatic carbocycles. The molecule has 0 heterocycles. The highest BCUT2D eigenvalue weighted by atomic mass is 16.5. The van der Waals surface area contributed by atoms with Gasteiger partial charge >= 0.3 is 5.97 Å². The van der Waals surface area contributed by atoms with E-state index in [0.29, 0.717) is 12.8 Å². The summed E-state index contributed by atoms with van der Waals surface area (Å²) < 4.78 is 4.88. The van der Waals surface area contributed by atoms with Gasteiger partial charge in [-0.3, -0.25) is 19.6 Å². The minimum absolute atomic E-state index is 0.109. The summed E-state index contributed by atoms with van der Waals surface area (Å²) in [5.41, 5.74) is 1.53. The van der Waals surface area contributed by atoms with Crippen molar-refractivity contribution in [2.24, 2.45) is 17.8 Å². The number of hydroxylamine groups is 1. The molecule has 0 fully saturated rings. The van der Waals surface area contributed by atoms with E-state index >= 15 is 0 Å². The SMILES string of the molecule is CCOC(=O)[C@H](C)NC(=O)[C@H](CC(C)C)NC(=O)[C@H](CC(=O)NO)CC(C)C. The Morgan fingerprint density at radius 3 is 1.93 bits per heavy atom. The second kappa shape index (κ2) is 13.1. The third-order valence-electron chi connectivity index (χ3n) is 4.02. The van der Waals surface area contributed by atoms with E-state index in [1.165, 1.54) is 12.4 Å². The van der Waals surface area contributed by atoms with E-state index in [0.717, 1.165) is 0 Å². The van der Waals surface area contributed by atoms with E-state index in [-0.39, 0.29) is 24.9 Å². The summed E-state index contributed by atoms with van der Waals surface area (Å²) in [4.78, 5) is 48.6. The average molecular weight is 402 g/mol. The number of esters is 1. The van der Waals surface area contributed by atoms with Gasteiger partial charge in [-0.1, -0.05) is 27.7 Å². The first kappa shape index (κ1) is 25.8. The Morgan fingerprint density at radius 2 is 1.46 bits per heavy atom. The molecule has 28 heavy (non-hydrogen) atoms. The van der Waals surface area contributed by atoms with E-state index in [2.05, 4.69) is 10.6 Å². The first-order valence-electron chi connectivity index (χ1n) is 9.71. The van der Waals surface area contributed by atoms with Crippen LogP contribution >= 0.6 is 0 Å². The largest absolute Gasteiger partial charge is 0.464 e. The van der Waals surface area contributed by atoms with Crippen LogP contribution in [0.25, 0.3) is 0 Å². The van der Waals surface area contributed by atoms with Crippen LogP contribution in [0.3, 0.4) is 0 Å². The lowest BCUT2D eigenvalue weighted by Gasteiger charge is -2.25. The molecule has 0 aliphatic heterocycles. The number of nitrogens with one attached hydrogen (secondary N) is 3. The molecular weight excluding hydrogens is 366 g/mol. The van der Waals surface area contributed by atoms with Crippen LogP contribution in [0, 0.1) is 17.8 Å². The van der Waals surface area contributed by atoms with Crippen molar-refractivity contribution in [1.29, 1.82) is 0 Å². The molecule has 3 amide bonds. The van der Waals surface area contributed by atoms with Gasteiger partial charge in [-0.15, -0.1) is 0 Å². The molecule has 3 atom stereocenters. The van der Waals surface area contributed by atoms with E-state index in [1.807, 2.05) is 27.7 Å². The molecule has 0 bridgehead atoms. The van der Waals surface area contributed by atoms with Gasteiger partial charge in [-0.2, -0.15) is 0 Å². The fourth-order valence-electron chi connectivity index (χ4n) is 2.75. The third kappa shape index (κ3) is 10.2. The van der Waals surface area contributed by atoms with Crippen molar-refractivity contribution in [2.75, 3.05) is 6.61 Å². The summed E-state index contributed by atoms with van der Waals surface area (Å²) in [5.74, 6) is -2.58. The van der Waals surface area contributed by atoms with Crippen molar-refractivity contribution in [2.45, 2.75) is 72.9 Å². The zero-order chi connectivity index (χ0) is 21.9. The quantitative estimate of drug-likeness (QED) is 0.220. The second-order valence-electron chi connectivity index (χ2n) is 7.74. The standard InChI is InChI=1S/C19H35N3O6/c1-7-28-19(26)13(6)20-18(25)15(9-12(4)5)21-17(24)14(8-11(2)3)10-16(23)22-27/h11-15,27H,7-10H2,1-6H3,(H,20,25)(H,21,24)(H,22,23)/t13-,14-,15-/m0/s1. The van der Waals surface area contributed by atoms with Crippen molar-refractivity contribution in [3.05, 3.63) is 0 Å². The molecule has 0 aromatic heterocycles. The predicted molar refractivity (Wildman–Crippen MR) is 103 cm³/mol. The van der Waals surface area contributed by atoms with E-state index in [9.17, 15) is 19.2 Å². The third-order valence-corrected chi connectivity index (χ3v) is 4.02. The molecule has 0 aliphatic rings. The number of rotatable bonds is 12. The number of carbonyl (C=O) groups excluding carboxylic acids is 4. The lowest BCUT2D eigenvalue weighted by Crippen LogP contribution is -2.52. The summed E-state index contributed by atoms with van der Waals surface area (Å²) >= 11 is 0. The second-order valence-corrected chi connectivity index (χ2v) is 7.74. The predicted octanol–water partition coefficient (Wildman–Crippen LogP) is 1.14. The highest BCUT2D eigenvalue weighted by Gasteiger charge is 2.29. The fraction of sp³-hybridized carbons (Fsp3) is 0.789. The zero-order valence-corrected chi connectivity index (χ0v) is 17.7. The minimum Gasteiger partial charge on any atom is -0.464 e. The van der Waals surface area contributed by atoms with Crippen LogP contribution in [-0.2, 0) is 23.9 Å². The van der Waals surface area contributed by atoms with Gasteiger partial charge in [0.05, 0.1) is 6.61 Å². The summed E-state index contributed by atoms with van der Waals surface area (Å²) in [6.45, 7) is 11.0. The Balaban J connectivity index is 5.20. The first-order valence-corrected chi connectivity index (χ1v) is 9.71. The van der Waals surface area contributed by atoms with E-state index in [4.69, 9.17) is 9.94 Å². The number of hydrogen-bond donors (Lipinski definition) is 4. The maximum Gasteiger partial charge on any atom is 0.328 e. The number of hydrogen-bond acceptors (Lipinski definition) is 6. The molecule has 9 nitrogen and oxygen atoms in total. The topological polar surface area (TPSA) is 134 Å². The van der Waals surface area contributed by atoms with Crippen LogP contribution in [0.1, 0.15) is 60.8 Å². The molecule has 0 spiro atoms. The molecule has 0 radical (unpaired) electrons. The lowest BCUT2D eigenvalue weighted by molar-refractivity contribution is -0.147. The maximum atomic E-state index is 12.7. The maximum absolute atomic E-state index is 12.7. The van der Waals surface area contributed by atoms with Crippen LogP contribution in [0.15, 0.2) is 0 Å². The molecule has 0 unspecified atom stereocenters. The van der Waals surface area contributed by atoms with Gasteiger partial charge < -0.3 is 15.4 Å². The van der Waals surface area contributed by atoms with Gasteiger partial charge in [-0.25, -0.2) is 10.3 Å². The monoisotopic (exact) mass is 401 g/mol. The highest BCUT2D eigenvalue weighted by Crippen LogP contribution is 2.17. The molecule has 9 heteroatoms. The summed E-state index contributed by atoms with van der Waals surface area (Å²) in [6, 6.07) is -1.69. The minimum atomic E-state index is -0.851. The van der Waals surface area contributed by atoms with Crippen LogP contribution < -0.4 is 16.1 Å². The van der Waals surface area contributed by atoms with Crippen molar-refractivity contribution in [1.82, 2.24) is 16.1 Å². The van der Waals surface area contributed by atoms with Crippen molar-refractivity contribution in [3.8, 4) is 0 Å². The number of amides is 3. The van der Waals surface area contributed by atoms with Crippen molar-refractivity contribution >= 4 is 23.7 Å². The summed E-state index contributed by atoms with van der Waals surface area (Å²) in [7, 11) is 0. The first-order chi connectivity index (χ1) is 13.0. The lowest BCUT2D eigenvalue weighted by atomic mass is 9.92. The van der Waals surface area contributed by atoms with Crippen LogP contribution in [-0.4, -0.2) is 47.6 Å². The van der Waals surface area contributed by atoms with Crippen molar-refractivity contribution < 1.29 is 29.1 Å². The molecule has 0 saturated carbocycles. The van der Waals surface area contributed by atoms with Gasteiger partial charge in [0.25, 0.3) is 0 Å². The normalized spacial score (nSPS) is 14.2. The molecule has 0 aromatic rings. The van der Waals surface area contributed by atoms with E-state index in [1.54, 1.807) is 6.92 Å². The highest BCUT2D eigenvalue weighted by molar-refractivity contribution is 5.92. The molecule has 0 saturated heterocycles. The molecule has 4 N–H and O–H groups in total. The Morgan fingerprint density at radius 1 is 0.893 bits per heavy atom. The Kier molecular flexibility index (Phi) is 12.1. The Bertz CT molecular complexity index is 536. The van der Waals surface area contributed by atoms with Gasteiger partial charge in [-0.05, 0) is 38.5 Å². The molecule has 0 aromatic carbocycles.